The third-order valence-corrected chi connectivity index (χ3v) is 5.24. The smallest absolute Gasteiger partial charge is 0.303 e. The van der Waals surface area contributed by atoms with E-state index in [1.807, 2.05) is 37.6 Å². The van der Waals surface area contributed by atoms with Crippen LogP contribution in [0.4, 0.5) is 0 Å². The van der Waals surface area contributed by atoms with Gasteiger partial charge < -0.3 is 10.8 Å². The molecule has 0 aliphatic heterocycles. The van der Waals surface area contributed by atoms with Crippen LogP contribution >= 0.6 is 11.3 Å². The summed E-state index contributed by atoms with van der Waals surface area (Å²) in [5.41, 5.74) is 8.42. The average Bonchev–Trinajstić information content (AvgIpc) is 3.11. The van der Waals surface area contributed by atoms with Gasteiger partial charge in [-0.15, -0.1) is 0 Å². The van der Waals surface area contributed by atoms with E-state index in [1.54, 1.807) is 0 Å². The van der Waals surface area contributed by atoms with Crippen molar-refractivity contribution >= 4 is 17.3 Å². The third-order valence-electron chi connectivity index (χ3n) is 4.56. The van der Waals surface area contributed by atoms with E-state index in [2.05, 4.69) is 37.3 Å². The molecule has 0 fully saturated rings. The molecule has 2 aromatic rings. The molecule has 0 radical (unpaired) electrons. The summed E-state index contributed by atoms with van der Waals surface area (Å²) in [6, 6.07) is 12.7. The summed E-state index contributed by atoms with van der Waals surface area (Å²) < 4.78 is 0. The number of carbonyl (C=O) groups is 1. The van der Waals surface area contributed by atoms with Crippen molar-refractivity contribution in [1.29, 1.82) is 5.26 Å². The summed E-state index contributed by atoms with van der Waals surface area (Å²) in [5, 5.41) is 22.0. The zero-order valence-corrected chi connectivity index (χ0v) is 16.7. The first-order chi connectivity index (χ1) is 12.2. The van der Waals surface area contributed by atoms with Gasteiger partial charge in [0.25, 0.3) is 0 Å². The van der Waals surface area contributed by atoms with Gasteiger partial charge in [0, 0.05) is 12.5 Å². The standard InChI is InChI=1S/C12H15NO2S.C9H13N/c1-9(2)12(8-13,5-3-11(14)15)10-4-6-16-7-10;1-7-3-5-9(6-4-7)8(2)10/h4,6-7,9H,3,5H2,1-2H3,(H,14,15);3-6,8H,10H2,1-2H3/t;8-/m.0/s1. The number of aryl methyl sites for hydroxylation is 1. The molecule has 1 unspecified atom stereocenters. The van der Waals surface area contributed by atoms with Gasteiger partial charge in [-0.1, -0.05) is 43.7 Å². The van der Waals surface area contributed by atoms with E-state index in [4.69, 9.17) is 10.8 Å². The number of nitriles is 1. The van der Waals surface area contributed by atoms with Crippen molar-refractivity contribution in [3.8, 4) is 6.07 Å². The van der Waals surface area contributed by atoms with E-state index in [-0.39, 0.29) is 18.4 Å². The average molecular weight is 373 g/mol. The Labute approximate surface area is 160 Å². The largest absolute Gasteiger partial charge is 0.481 e. The first kappa shape index (κ1) is 21.9. The number of carboxylic acids is 1. The van der Waals surface area contributed by atoms with Crippen molar-refractivity contribution in [2.75, 3.05) is 0 Å². The molecule has 3 N–H and O–H groups in total. The topological polar surface area (TPSA) is 87.1 Å². The molecule has 0 spiro atoms. The molecule has 4 nitrogen and oxygen atoms in total. The summed E-state index contributed by atoms with van der Waals surface area (Å²) in [7, 11) is 0. The van der Waals surface area contributed by atoms with Crippen LogP contribution in [0.15, 0.2) is 41.1 Å². The molecule has 26 heavy (non-hydrogen) atoms. The quantitative estimate of drug-likeness (QED) is 0.743. The Kier molecular flexibility index (Phi) is 8.50. The molecule has 140 valence electrons. The minimum absolute atomic E-state index is 0.0294. The first-order valence-electron chi connectivity index (χ1n) is 8.70. The van der Waals surface area contributed by atoms with Crippen molar-refractivity contribution in [2.24, 2.45) is 11.7 Å². The highest BCUT2D eigenvalue weighted by atomic mass is 32.1. The van der Waals surface area contributed by atoms with Gasteiger partial charge >= 0.3 is 5.97 Å². The third kappa shape index (κ3) is 5.98. The molecular formula is C21H28N2O2S. The highest BCUT2D eigenvalue weighted by Crippen LogP contribution is 2.37. The van der Waals surface area contributed by atoms with Gasteiger partial charge in [0.05, 0.1) is 11.5 Å². The van der Waals surface area contributed by atoms with E-state index in [0.717, 1.165) is 5.56 Å². The summed E-state index contributed by atoms with van der Waals surface area (Å²) in [6.07, 6.45) is 0.398. The minimum atomic E-state index is -0.851. The van der Waals surface area contributed by atoms with Gasteiger partial charge in [-0.3, -0.25) is 4.79 Å². The fraction of sp³-hybridized carbons (Fsp3) is 0.429. The van der Waals surface area contributed by atoms with Gasteiger partial charge in [-0.25, -0.2) is 0 Å². The number of nitrogens with two attached hydrogens (primary N) is 1. The molecular weight excluding hydrogens is 344 g/mol. The van der Waals surface area contributed by atoms with Crippen molar-refractivity contribution in [2.45, 2.75) is 52.0 Å². The van der Waals surface area contributed by atoms with Gasteiger partial charge in [0.15, 0.2) is 0 Å². The van der Waals surface area contributed by atoms with Crippen LogP contribution in [-0.2, 0) is 10.2 Å². The molecule has 1 aromatic heterocycles. The molecule has 2 atom stereocenters. The second-order valence-corrected chi connectivity index (χ2v) is 7.62. The molecule has 0 aliphatic rings. The number of benzene rings is 1. The summed E-state index contributed by atoms with van der Waals surface area (Å²) in [4.78, 5) is 10.6. The number of rotatable bonds is 6. The summed E-state index contributed by atoms with van der Waals surface area (Å²) in [5.74, 6) is -0.748. The van der Waals surface area contributed by atoms with Crippen molar-refractivity contribution in [3.05, 3.63) is 57.8 Å². The highest BCUT2D eigenvalue weighted by Gasteiger charge is 2.36. The Morgan fingerprint density at radius 1 is 1.27 bits per heavy atom. The van der Waals surface area contributed by atoms with E-state index in [0.29, 0.717) is 6.42 Å². The molecule has 1 aromatic carbocycles. The molecule has 2 rings (SSSR count). The van der Waals surface area contributed by atoms with Crippen LogP contribution in [0.1, 0.15) is 56.3 Å². The normalized spacial score (nSPS) is 13.9. The van der Waals surface area contributed by atoms with Crippen LogP contribution in [0.25, 0.3) is 0 Å². The maximum Gasteiger partial charge on any atom is 0.303 e. The van der Waals surface area contributed by atoms with E-state index < -0.39 is 11.4 Å². The zero-order chi connectivity index (χ0) is 19.7. The fourth-order valence-corrected chi connectivity index (χ4v) is 3.45. The maximum atomic E-state index is 10.6. The molecule has 0 amide bonds. The van der Waals surface area contributed by atoms with Gasteiger partial charge in [-0.2, -0.15) is 16.6 Å². The van der Waals surface area contributed by atoms with Gasteiger partial charge in [0.1, 0.15) is 0 Å². The Balaban J connectivity index is 0.000000289. The second-order valence-electron chi connectivity index (χ2n) is 6.84. The maximum absolute atomic E-state index is 10.6. The van der Waals surface area contributed by atoms with Crippen LogP contribution in [0.3, 0.4) is 0 Å². The van der Waals surface area contributed by atoms with Crippen LogP contribution in [0.2, 0.25) is 0 Å². The monoisotopic (exact) mass is 372 g/mol. The van der Waals surface area contributed by atoms with E-state index in [1.165, 1.54) is 22.5 Å². The SMILES string of the molecule is CC(C)C(C#N)(CCC(=O)O)c1ccsc1.Cc1ccc([C@H](C)N)cc1. The summed E-state index contributed by atoms with van der Waals surface area (Å²) >= 11 is 1.53. The lowest BCUT2D eigenvalue weighted by atomic mass is 9.71. The van der Waals surface area contributed by atoms with Gasteiger partial charge in [0.2, 0.25) is 0 Å². The van der Waals surface area contributed by atoms with Crippen LogP contribution in [-0.4, -0.2) is 11.1 Å². The molecule has 1 heterocycles. The predicted molar refractivity (Wildman–Crippen MR) is 107 cm³/mol. The second kappa shape index (κ2) is 10.1. The minimum Gasteiger partial charge on any atom is -0.481 e. The Bertz CT molecular complexity index is 715. The van der Waals surface area contributed by atoms with Crippen LogP contribution < -0.4 is 5.73 Å². The lowest BCUT2D eigenvalue weighted by Crippen LogP contribution is -2.31. The molecule has 0 saturated heterocycles. The van der Waals surface area contributed by atoms with Crippen LogP contribution in [0, 0.1) is 24.2 Å². The molecule has 5 heteroatoms. The van der Waals surface area contributed by atoms with Crippen molar-refractivity contribution in [3.63, 3.8) is 0 Å². The number of thiophene rings is 1. The Hall–Kier alpha value is -2.16. The number of aliphatic carboxylic acids is 1. The van der Waals surface area contributed by atoms with E-state index in [9.17, 15) is 10.1 Å². The lowest BCUT2D eigenvalue weighted by Gasteiger charge is -2.29. The fourth-order valence-electron chi connectivity index (χ4n) is 2.71. The number of hydrogen-bond acceptors (Lipinski definition) is 4. The molecule has 0 saturated carbocycles. The molecule has 0 bridgehead atoms. The van der Waals surface area contributed by atoms with E-state index >= 15 is 0 Å². The molecule has 0 aliphatic carbocycles. The first-order valence-corrected chi connectivity index (χ1v) is 9.65. The van der Waals surface area contributed by atoms with Crippen LogP contribution in [0.5, 0.6) is 0 Å². The lowest BCUT2D eigenvalue weighted by molar-refractivity contribution is -0.137. The predicted octanol–water partition coefficient (Wildman–Crippen LogP) is 5.05. The summed E-state index contributed by atoms with van der Waals surface area (Å²) in [6.45, 7) is 7.99. The van der Waals surface area contributed by atoms with Crippen molar-refractivity contribution < 1.29 is 9.90 Å². The number of carboxylic acid groups (broad SMARTS) is 1. The highest BCUT2D eigenvalue weighted by molar-refractivity contribution is 7.08. The van der Waals surface area contributed by atoms with Crippen molar-refractivity contribution in [1.82, 2.24) is 0 Å². The Morgan fingerprint density at radius 3 is 2.27 bits per heavy atom. The number of hydrogen-bond donors (Lipinski definition) is 2. The Morgan fingerprint density at radius 2 is 1.88 bits per heavy atom. The zero-order valence-electron chi connectivity index (χ0n) is 15.9. The number of nitrogens with zero attached hydrogens (tertiary/aromatic N) is 1. The van der Waals surface area contributed by atoms with Gasteiger partial charge in [-0.05, 0) is 54.1 Å².